The predicted octanol–water partition coefficient (Wildman–Crippen LogP) is -0.0550. The van der Waals surface area contributed by atoms with Crippen LogP contribution in [0.15, 0.2) is 0 Å². The quantitative estimate of drug-likeness (QED) is 0.402. The molecule has 1 saturated heterocycles. The van der Waals surface area contributed by atoms with Gasteiger partial charge in [0.15, 0.2) is 0 Å². The zero-order chi connectivity index (χ0) is 8.98. The van der Waals surface area contributed by atoms with Crippen molar-refractivity contribution in [1.82, 2.24) is 0 Å². The summed E-state index contributed by atoms with van der Waals surface area (Å²) in [5.41, 5.74) is 1.34. The number of hydrogen-bond donors (Lipinski definition) is 0. The predicted molar refractivity (Wildman–Crippen MR) is 57.5 cm³/mol. The molecular weight excluding hydrogens is 374 g/mol. The van der Waals surface area contributed by atoms with Gasteiger partial charge in [0.25, 0.3) is 0 Å². The fraction of sp³-hybridized carbons (Fsp3) is 1.00. The van der Waals surface area contributed by atoms with Gasteiger partial charge in [-0.05, 0) is 0 Å². The maximum atomic E-state index is 2.70. The Hall–Kier alpha value is 1.46. The Morgan fingerprint density at radius 3 is 2.50 bits per heavy atom. The molecule has 0 spiro atoms. The van der Waals surface area contributed by atoms with Gasteiger partial charge in [-0.15, -0.1) is 0 Å². The van der Waals surface area contributed by atoms with E-state index in [9.17, 15) is 0 Å². The van der Waals surface area contributed by atoms with Crippen molar-refractivity contribution in [3.05, 3.63) is 0 Å². The third-order valence-corrected chi connectivity index (χ3v) is 9.33. The SMILES string of the molecule is CC12C[I-]CC(C(I)C1)C2(C)C. The first-order valence-corrected chi connectivity index (χ1v) is 8.95. The average Bonchev–Trinajstić information content (AvgIpc) is 2.12. The Kier molecular flexibility index (Phi) is 2.48. The van der Waals surface area contributed by atoms with E-state index < -0.39 is 0 Å². The molecule has 2 rings (SSSR count). The third kappa shape index (κ3) is 1.19. The van der Waals surface area contributed by atoms with E-state index in [1.165, 1.54) is 6.42 Å². The van der Waals surface area contributed by atoms with Gasteiger partial charge >= 0.3 is 101 Å². The monoisotopic (exact) mass is 391 g/mol. The van der Waals surface area contributed by atoms with Crippen LogP contribution in [0.5, 0.6) is 0 Å². The fourth-order valence-corrected chi connectivity index (χ4v) is 10.9. The van der Waals surface area contributed by atoms with Gasteiger partial charge in [-0.2, -0.15) is 0 Å². The second-order valence-electron chi connectivity index (χ2n) is 5.09. The summed E-state index contributed by atoms with van der Waals surface area (Å²) in [6, 6.07) is 0. The molecule has 0 nitrogen and oxygen atoms in total. The first-order valence-electron chi connectivity index (χ1n) is 4.65. The molecule has 2 heteroatoms. The summed E-state index contributed by atoms with van der Waals surface area (Å²) in [7, 11) is 0. The molecule has 2 bridgehead atoms. The van der Waals surface area contributed by atoms with Crippen LogP contribution in [0.2, 0.25) is 0 Å². The normalized spacial score (nSPS) is 51.7. The van der Waals surface area contributed by atoms with Gasteiger partial charge < -0.3 is 0 Å². The average molecular weight is 391 g/mol. The number of rotatable bonds is 0. The van der Waals surface area contributed by atoms with Gasteiger partial charge in [0.2, 0.25) is 0 Å². The molecule has 12 heavy (non-hydrogen) atoms. The van der Waals surface area contributed by atoms with E-state index in [1.54, 1.807) is 8.86 Å². The topological polar surface area (TPSA) is 0 Å². The fourth-order valence-electron chi connectivity index (χ4n) is 2.63. The molecule has 1 aliphatic carbocycles. The van der Waals surface area contributed by atoms with Crippen LogP contribution in [-0.4, -0.2) is 12.8 Å². The summed E-state index contributed by atoms with van der Waals surface area (Å²) in [6.45, 7) is 7.57. The summed E-state index contributed by atoms with van der Waals surface area (Å²) in [5.74, 6) is 1.05. The minimum atomic E-state index is 0.556. The van der Waals surface area contributed by atoms with Crippen molar-refractivity contribution in [2.45, 2.75) is 31.1 Å². The van der Waals surface area contributed by atoms with Crippen LogP contribution in [0.1, 0.15) is 27.2 Å². The Morgan fingerprint density at radius 2 is 2.00 bits per heavy atom. The van der Waals surface area contributed by atoms with E-state index in [0.717, 1.165) is 9.84 Å². The number of halogens is 2. The van der Waals surface area contributed by atoms with Crippen molar-refractivity contribution in [1.29, 1.82) is 0 Å². The van der Waals surface area contributed by atoms with Crippen LogP contribution >= 0.6 is 22.6 Å². The zero-order valence-electron chi connectivity index (χ0n) is 8.03. The molecule has 72 valence electrons. The van der Waals surface area contributed by atoms with Crippen molar-refractivity contribution >= 4 is 22.6 Å². The molecule has 0 N–H and O–H groups in total. The van der Waals surface area contributed by atoms with Gasteiger partial charge in [0.05, 0.1) is 0 Å². The van der Waals surface area contributed by atoms with Crippen LogP contribution in [0.25, 0.3) is 0 Å². The van der Waals surface area contributed by atoms with Crippen LogP contribution in [0.4, 0.5) is 0 Å². The van der Waals surface area contributed by atoms with Gasteiger partial charge in [-0.25, -0.2) is 0 Å². The van der Waals surface area contributed by atoms with Crippen LogP contribution in [0, 0.1) is 16.7 Å². The molecule has 0 aromatic carbocycles. The van der Waals surface area contributed by atoms with Gasteiger partial charge in [0, 0.05) is 0 Å². The van der Waals surface area contributed by atoms with Gasteiger partial charge in [-0.3, -0.25) is 0 Å². The van der Waals surface area contributed by atoms with E-state index in [0.29, 0.717) is 32.0 Å². The van der Waals surface area contributed by atoms with Crippen molar-refractivity contribution in [2.24, 2.45) is 16.7 Å². The number of hydrogen-bond acceptors (Lipinski definition) is 0. The molecule has 1 aliphatic heterocycles. The molecule has 0 radical (unpaired) electrons. The summed E-state index contributed by atoms with van der Waals surface area (Å²) >= 11 is 3.26. The van der Waals surface area contributed by atoms with Gasteiger partial charge in [-0.1, -0.05) is 0 Å². The third-order valence-electron chi connectivity index (χ3n) is 4.23. The first kappa shape index (κ1) is 9.99. The van der Waals surface area contributed by atoms with E-state index >= 15 is 0 Å². The second-order valence-corrected chi connectivity index (χ2v) is 9.41. The molecule has 0 aromatic heterocycles. The molecule has 1 saturated carbocycles. The Morgan fingerprint density at radius 1 is 1.33 bits per heavy atom. The van der Waals surface area contributed by atoms with Crippen molar-refractivity contribution in [2.75, 3.05) is 8.86 Å². The van der Waals surface area contributed by atoms with Crippen LogP contribution < -0.4 is 21.2 Å². The molecule has 3 unspecified atom stereocenters. The maximum absolute atomic E-state index is 2.70. The van der Waals surface area contributed by atoms with Crippen molar-refractivity contribution in [3.63, 3.8) is 0 Å². The van der Waals surface area contributed by atoms with Gasteiger partial charge in [0.1, 0.15) is 0 Å². The Bertz CT molecular complexity index is 197. The van der Waals surface area contributed by atoms with E-state index in [4.69, 9.17) is 0 Å². The number of fused-ring (bicyclic) bond motifs is 2. The Labute approximate surface area is 99.7 Å². The molecule has 0 amide bonds. The molecule has 3 atom stereocenters. The van der Waals surface area contributed by atoms with Crippen molar-refractivity contribution in [3.8, 4) is 0 Å². The second kappa shape index (κ2) is 2.97. The van der Waals surface area contributed by atoms with Crippen LogP contribution in [-0.2, 0) is 0 Å². The van der Waals surface area contributed by atoms with E-state index in [2.05, 4.69) is 43.4 Å². The molecular formula is C10H17I2-. The molecule has 0 aromatic rings. The summed E-state index contributed by atoms with van der Waals surface area (Å²) in [6.07, 6.45) is 1.49. The Balaban J connectivity index is 2.36. The summed E-state index contributed by atoms with van der Waals surface area (Å²) < 4.78 is 4.15. The van der Waals surface area contributed by atoms with Crippen LogP contribution in [0.3, 0.4) is 0 Å². The molecule has 2 aliphatic rings. The standard InChI is InChI=1S/C10H17I2/c1-9(2)7-5-12-6-10(9,3)4-8(7)11/h7-8H,4-6H2,1-3H3/q-1. The minimum absolute atomic E-state index is 0.556. The molecule has 1 heterocycles. The summed E-state index contributed by atoms with van der Waals surface area (Å²) in [5, 5.41) is 0. The van der Waals surface area contributed by atoms with E-state index in [-0.39, 0.29) is 0 Å². The zero-order valence-corrected chi connectivity index (χ0v) is 12.3. The first-order chi connectivity index (χ1) is 5.47. The van der Waals surface area contributed by atoms with E-state index in [1.807, 2.05) is 0 Å². The van der Waals surface area contributed by atoms with Crippen molar-refractivity contribution < 1.29 is 21.2 Å². The molecule has 2 fully saturated rings. The summed E-state index contributed by atoms with van der Waals surface area (Å²) in [4.78, 5) is 0. The number of alkyl halides is 3.